The molecule has 0 atom stereocenters. The predicted molar refractivity (Wildman–Crippen MR) is 113 cm³/mol. The van der Waals surface area contributed by atoms with E-state index in [1.165, 1.54) is 0 Å². The van der Waals surface area contributed by atoms with E-state index < -0.39 is 10.0 Å². The maximum Gasteiger partial charge on any atom is 0.253 e. The average molecular weight is 430 g/mol. The van der Waals surface area contributed by atoms with Crippen LogP contribution < -0.4 is 5.32 Å². The lowest BCUT2D eigenvalue weighted by atomic mass is 9.96. The van der Waals surface area contributed by atoms with Gasteiger partial charge in [-0.15, -0.1) is 12.4 Å². The first kappa shape index (κ1) is 23.1. The molecule has 3 rings (SSSR count). The van der Waals surface area contributed by atoms with Crippen molar-refractivity contribution >= 4 is 28.3 Å². The van der Waals surface area contributed by atoms with E-state index in [0.29, 0.717) is 30.5 Å². The molecule has 158 valence electrons. The lowest BCUT2D eigenvalue weighted by Gasteiger charge is -2.32. The molecule has 1 N–H and O–H groups in total. The summed E-state index contributed by atoms with van der Waals surface area (Å²) in [7, 11) is -1.51. The Morgan fingerprint density at radius 2 is 1.61 bits per heavy atom. The number of carbonyl (C=O) groups excluding carboxylic acids is 1. The van der Waals surface area contributed by atoms with Gasteiger partial charge in [0.25, 0.3) is 5.91 Å². The van der Waals surface area contributed by atoms with Gasteiger partial charge in [-0.2, -0.15) is 4.31 Å². The molecule has 0 spiro atoms. The zero-order valence-electron chi connectivity index (χ0n) is 16.8. The minimum Gasteiger partial charge on any atom is -0.339 e. The minimum atomic E-state index is -3.46. The molecule has 6 nitrogen and oxygen atoms in total. The summed E-state index contributed by atoms with van der Waals surface area (Å²) in [4.78, 5) is 14.9. The topological polar surface area (TPSA) is 69.7 Å². The van der Waals surface area contributed by atoms with Crippen molar-refractivity contribution in [3.8, 4) is 0 Å². The van der Waals surface area contributed by atoms with Gasteiger partial charge in [-0.05, 0) is 75.4 Å². The third-order valence-corrected chi connectivity index (χ3v) is 7.79. The van der Waals surface area contributed by atoms with Gasteiger partial charge in [-0.1, -0.05) is 6.92 Å². The maximum absolute atomic E-state index is 12.8. The van der Waals surface area contributed by atoms with Gasteiger partial charge in [0.2, 0.25) is 10.0 Å². The van der Waals surface area contributed by atoms with Gasteiger partial charge in [0.15, 0.2) is 0 Å². The number of benzene rings is 1. The number of nitrogens with zero attached hydrogens (tertiary/aromatic N) is 2. The van der Waals surface area contributed by atoms with Crippen molar-refractivity contribution < 1.29 is 13.2 Å². The summed E-state index contributed by atoms with van der Waals surface area (Å²) >= 11 is 0. The van der Waals surface area contributed by atoms with E-state index in [9.17, 15) is 13.2 Å². The molecule has 28 heavy (non-hydrogen) atoms. The summed E-state index contributed by atoms with van der Waals surface area (Å²) < 4.78 is 27.2. The molecule has 0 saturated carbocycles. The Kier molecular flexibility index (Phi) is 8.30. The van der Waals surface area contributed by atoms with Crippen LogP contribution in [-0.2, 0) is 10.0 Å². The number of sulfonamides is 1. The van der Waals surface area contributed by atoms with Crippen molar-refractivity contribution in [3.63, 3.8) is 0 Å². The number of rotatable bonds is 5. The number of hydrogen-bond donors (Lipinski definition) is 1. The van der Waals surface area contributed by atoms with Gasteiger partial charge in [0.05, 0.1) is 4.90 Å². The van der Waals surface area contributed by atoms with Gasteiger partial charge in [-0.25, -0.2) is 8.42 Å². The van der Waals surface area contributed by atoms with E-state index in [4.69, 9.17) is 0 Å². The lowest BCUT2D eigenvalue weighted by Crippen LogP contribution is -2.40. The van der Waals surface area contributed by atoms with Gasteiger partial charge in [0.1, 0.15) is 0 Å². The van der Waals surface area contributed by atoms with Crippen LogP contribution in [0.5, 0.6) is 0 Å². The van der Waals surface area contributed by atoms with Crippen LogP contribution in [0.4, 0.5) is 0 Å². The summed E-state index contributed by atoms with van der Waals surface area (Å²) in [6.45, 7) is 5.82. The fourth-order valence-electron chi connectivity index (χ4n) is 3.96. The first-order valence-electron chi connectivity index (χ1n) is 9.96. The molecule has 0 radical (unpaired) electrons. The highest BCUT2D eigenvalue weighted by molar-refractivity contribution is 7.89. The Bertz CT molecular complexity index is 738. The molecule has 2 fully saturated rings. The summed E-state index contributed by atoms with van der Waals surface area (Å²) in [6.07, 6.45) is 3.82. The average Bonchev–Trinajstić information content (AvgIpc) is 2.69. The molecule has 2 heterocycles. The number of piperidine rings is 2. The van der Waals surface area contributed by atoms with Crippen LogP contribution in [0.25, 0.3) is 0 Å². The van der Waals surface area contributed by atoms with Gasteiger partial charge in [0, 0.05) is 31.7 Å². The third kappa shape index (κ3) is 5.26. The predicted octanol–water partition coefficient (Wildman–Crippen LogP) is 2.60. The zero-order chi connectivity index (χ0) is 19.4. The Labute approximate surface area is 175 Å². The number of carbonyl (C=O) groups is 1. The molecule has 8 heteroatoms. The lowest BCUT2D eigenvalue weighted by molar-refractivity contribution is 0.0691. The van der Waals surface area contributed by atoms with Crippen molar-refractivity contribution in [2.24, 2.45) is 11.8 Å². The Hall–Kier alpha value is -1.15. The summed E-state index contributed by atoms with van der Waals surface area (Å²) in [6, 6.07) is 6.46. The van der Waals surface area contributed by atoms with E-state index in [-0.39, 0.29) is 23.2 Å². The highest BCUT2D eigenvalue weighted by Gasteiger charge is 2.28. The fourth-order valence-corrected chi connectivity index (χ4v) is 5.42. The standard InChI is InChI=1S/C20H31N3O3S.ClH/c1-16-7-13-23(14-8-16)27(25,26)19-5-3-18(4-6-19)20(24)22-11-9-17(10-12-22)15-21-2;/h3-6,16-17,21H,7-15H2,1-2H3;1H. The van der Waals surface area contributed by atoms with Crippen molar-refractivity contribution in [1.29, 1.82) is 0 Å². The fraction of sp³-hybridized carbons (Fsp3) is 0.650. The monoisotopic (exact) mass is 429 g/mol. The highest BCUT2D eigenvalue weighted by Crippen LogP contribution is 2.24. The number of halogens is 1. The molecule has 2 aliphatic rings. The molecule has 0 unspecified atom stereocenters. The van der Waals surface area contributed by atoms with E-state index in [0.717, 1.165) is 45.3 Å². The quantitative estimate of drug-likeness (QED) is 0.781. The minimum absolute atomic E-state index is 0. The van der Waals surface area contributed by atoms with Crippen LogP contribution >= 0.6 is 12.4 Å². The van der Waals surface area contributed by atoms with E-state index in [2.05, 4.69) is 12.2 Å². The molecule has 2 saturated heterocycles. The van der Waals surface area contributed by atoms with E-state index in [1.54, 1.807) is 28.6 Å². The molecule has 0 aromatic heterocycles. The Balaban J connectivity index is 0.00000280. The van der Waals surface area contributed by atoms with Gasteiger partial charge in [-0.3, -0.25) is 4.79 Å². The first-order chi connectivity index (χ1) is 12.9. The normalized spacial score (nSPS) is 20.0. The first-order valence-corrected chi connectivity index (χ1v) is 11.4. The van der Waals surface area contributed by atoms with Crippen LogP contribution in [0.2, 0.25) is 0 Å². The van der Waals surface area contributed by atoms with Crippen molar-refractivity contribution in [2.75, 3.05) is 39.8 Å². The summed E-state index contributed by atoms with van der Waals surface area (Å²) in [5, 5.41) is 3.20. The second-order valence-corrected chi connectivity index (χ2v) is 9.84. The maximum atomic E-state index is 12.8. The number of nitrogens with one attached hydrogen (secondary N) is 1. The van der Waals surface area contributed by atoms with Crippen LogP contribution in [0.15, 0.2) is 29.2 Å². The molecule has 0 aliphatic carbocycles. The number of likely N-dealkylation sites (tertiary alicyclic amines) is 1. The van der Waals surface area contributed by atoms with Crippen molar-refractivity contribution in [3.05, 3.63) is 29.8 Å². The molecule has 0 bridgehead atoms. The Morgan fingerprint density at radius 1 is 1.04 bits per heavy atom. The van der Waals surface area contributed by atoms with Gasteiger partial charge < -0.3 is 10.2 Å². The third-order valence-electron chi connectivity index (χ3n) is 5.88. The van der Waals surface area contributed by atoms with E-state index in [1.807, 2.05) is 11.9 Å². The van der Waals surface area contributed by atoms with Crippen molar-refractivity contribution in [2.45, 2.75) is 37.5 Å². The summed E-state index contributed by atoms with van der Waals surface area (Å²) in [5.41, 5.74) is 0.563. The largest absolute Gasteiger partial charge is 0.339 e. The Morgan fingerprint density at radius 3 is 2.14 bits per heavy atom. The molecular formula is C20H32ClN3O3S. The number of amides is 1. The molecule has 1 amide bonds. The second kappa shape index (κ2) is 10.1. The van der Waals surface area contributed by atoms with Crippen LogP contribution in [-0.4, -0.2) is 63.3 Å². The van der Waals surface area contributed by atoms with E-state index >= 15 is 0 Å². The van der Waals surface area contributed by atoms with Crippen LogP contribution in [0.3, 0.4) is 0 Å². The smallest absolute Gasteiger partial charge is 0.253 e. The number of hydrogen-bond acceptors (Lipinski definition) is 4. The SMILES string of the molecule is CNCC1CCN(C(=O)c2ccc(S(=O)(=O)N3CCC(C)CC3)cc2)CC1.Cl. The van der Waals surface area contributed by atoms with Crippen LogP contribution in [0.1, 0.15) is 43.0 Å². The van der Waals surface area contributed by atoms with Gasteiger partial charge >= 0.3 is 0 Å². The highest BCUT2D eigenvalue weighted by atomic mass is 35.5. The second-order valence-electron chi connectivity index (χ2n) is 7.90. The molecule has 1 aromatic carbocycles. The van der Waals surface area contributed by atoms with Crippen LogP contribution in [0, 0.1) is 11.8 Å². The molecule has 2 aliphatic heterocycles. The summed E-state index contributed by atoms with van der Waals surface area (Å²) in [5.74, 6) is 1.20. The molecule has 1 aromatic rings. The van der Waals surface area contributed by atoms with Crippen molar-refractivity contribution in [1.82, 2.24) is 14.5 Å². The zero-order valence-corrected chi connectivity index (χ0v) is 18.4. The molecular weight excluding hydrogens is 398 g/mol.